The Bertz CT molecular complexity index is 1190. The monoisotopic (exact) mass is 466 g/mol. The Hall–Kier alpha value is -4.26. The molecule has 0 saturated heterocycles. The minimum Gasteiger partial charge on any atom is -0.372 e. The van der Waals surface area contributed by atoms with E-state index in [1.807, 2.05) is 72.8 Å². The van der Waals surface area contributed by atoms with Crippen molar-refractivity contribution in [2.75, 3.05) is 18.0 Å². The highest BCUT2D eigenvalue weighted by molar-refractivity contribution is 5.92. The second-order valence-electron chi connectivity index (χ2n) is 8.15. The summed E-state index contributed by atoms with van der Waals surface area (Å²) in [6.07, 6.45) is 3.84. The van der Waals surface area contributed by atoms with E-state index in [4.69, 9.17) is 0 Å². The quantitative estimate of drug-likeness (QED) is 0.253. The molecule has 0 fully saturated rings. The van der Waals surface area contributed by atoms with Crippen LogP contribution in [0.5, 0.6) is 0 Å². The molecule has 1 aromatic heterocycles. The van der Waals surface area contributed by atoms with Gasteiger partial charge in [-0.3, -0.25) is 4.79 Å². The van der Waals surface area contributed by atoms with Gasteiger partial charge in [-0.1, -0.05) is 74.5 Å². The Morgan fingerprint density at radius 1 is 0.914 bits per heavy atom. The fourth-order valence-electron chi connectivity index (χ4n) is 3.83. The number of hydrogen-bond donors (Lipinski definition) is 1. The number of rotatable bonds is 10. The molecule has 0 unspecified atom stereocenters. The number of benzene rings is 3. The van der Waals surface area contributed by atoms with Crippen LogP contribution in [0.2, 0.25) is 0 Å². The lowest BCUT2D eigenvalue weighted by Crippen LogP contribution is -2.24. The summed E-state index contributed by atoms with van der Waals surface area (Å²) in [5.74, 6) is 0.169. The molecular weight excluding hydrogens is 436 g/mol. The molecule has 0 radical (unpaired) electrons. The van der Waals surface area contributed by atoms with Crippen molar-refractivity contribution in [2.45, 2.75) is 26.7 Å². The zero-order chi connectivity index (χ0) is 24.5. The fraction of sp³-hybridized carbons (Fsp3) is 0.214. The van der Waals surface area contributed by atoms with Crippen LogP contribution in [0.25, 0.3) is 17.1 Å². The molecule has 0 spiro atoms. The number of hydrogen-bond acceptors (Lipinski definition) is 5. The average Bonchev–Trinajstić information content (AvgIpc) is 3.36. The molecule has 0 bridgehead atoms. The molecule has 1 N–H and O–H groups in total. The lowest BCUT2D eigenvalue weighted by atomic mass is 10.2. The van der Waals surface area contributed by atoms with Gasteiger partial charge < -0.3 is 4.90 Å². The van der Waals surface area contributed by atoms with Gasteiger partial charge in [0.15, 0.2) is 5.82 Å². The molecule has 0 saturated carbocycles. The molecule has 7 nitrogen and oxygen atoms in total. The highest BCUT2D eigenvalue weighted by Crippen LogP contribution is 2.21. The summed E-state index contributed by atoms with van der Waals surface area (Å²) in [6.45, 7) is 6.44. The van der Waals surface area contributed by atoms with Crippen molar-refractivity contribution < 1.29 is 4.79 Å². The van der Waals surface area contributed by atoms with Gasteiger partial charge in [0.25, 0.3) is 0 Å². The van der Waals surface area contributed by atoms with Crippen LogP contribution < -0.4 is 10.3 Å². The van der Waals surface area contributed by atoms with Crippen LogP contribution >= 0.6 is 0 Å². The molecule has 1 heterocycles. The lowest BCUT2D eigenvalue weighted by Gasteiger charge is -2.23. The number of para-hydroxylation sites is 1. The number of amides is 1. The van der Waals surface area contributed by atoms with Crippen LogP contribution in [0.4, 0.5) is 5.69 Å². The normalized spacial score (nSPS) is 11.0. The Kier molecular flexibility index (Phi) is 8.01. The first kappa shape index (κ1) is 23.9. The summed E-state index contributed by atoms with van der Waals surface area (Å²) in [5, 5.41) is 8.58. The molecule has 178 valence electrons. The fourth-order valence-corrected chi connectivity index (χ4v) is 3.83. The third-order valence-electron chi connectivity index (χ3n) is 5.47. The highest BCUT2D eigenvalue weighted by Gasteiger charge is 2.18. The van der Waals surface area contributed by atoms with Crippen LogP contribution in [-0.2, 0) is 0 Å². The van der Waals surface area contributed by atoms with Gasteiger partial charge in [-0.05, 0) is 42.7 Å². The number of anilines is 1. The van der Waals surface area contributed by atoms with Crippen LogP contribution in [0.3, 0.4) is 0 Å². The van der Waals surface area contributed by atoms with E-state index in [0.29, 0.717) is 5.82 Å². The molecule has 0 aliphatic carbocycles. The average molecular weight is 467 g/mol. The van der Waals surface area contributed by atoms with Gasteiger partial charge in [0.1, 0.15) is 0 Å². The van der Waals surface area contributed by atoms with Crippen LogP contribution in [0.15, 0.2) is 90.0 Å². The SMILES string of the molecule is CCCN(CCC)c1ccc(C=NNC(=O)c2nc(-c3ccccc3)n(-c3ccccc3)n2)cc1. The third kappa shape index (κ3) is 6.00. The maximum Gasteiger partial charge on any atom is 0.311 e. The molecule has 3 aromatic carbocycles. The summed E-state index contributed by atoms with van der Waals surface area (Å²) in [5.41, 5.74) is 6.33. The maximum absolute atomic E-state index is 12.8. The number of hydrazone groups is 1. The molecular formula is C28H30N6O. The summed E-state index contributed by atoms with van der Waals surface area (Å²) < 4.78 is 1.67. The van der Waals surface area contributed by atoms with Gasteiger partial charge in [0.2, 0.25) is 5.82 Å². The largest absolute Gasteiger partial charge is 0.372 e. The maximum atomic E-state index is 12.8. The Labute approximate surface area is 206 Å². The minimum absolute atomic E-state index is 0.0509. The minimum atomic E-state index is -0.471. The lowest BCUT2D eigenvalue weighted by molar-refractivity contribution is 0.0945. The van der Waals surface area contributed by atoms with E-state index in [2.05, 4.69) is 51.5 Å². The van der Waals surface area contributed by atoms with Gasteiger partial charge in [-0.15, -0.1) is 5.10 Å². The van der Waals surface area contributed by atoms with Crippen molar-refractivity contribution in [3.63, 3.8) is 0 Å². The first-order chi connectivity index (χ1) is 17.2. The van der Waals surface area contributed by atoms with Gasteiger partial charge in [-0.25, -0.2) is 15.1 Å². The summed E-state index contributed by atoms with van der Waals surface area (Å²) in [7, 11) is 0. The molecule has 0 aliphatic rings. The smallest absolute Gasteiger partial charge is 0.311 e. The molecule has 35 heavy (non-hydrogen) atoms. The predicted molar refractivity (Wildman–Crippen MR) is 141 cm³/mol. The third-order valence-corrected chi connectivity index (χ3v) is 5.47. The van der Waals surface area contributed by atoms with Crippen molar-refractivity contribution >= 4 is 17.8 Å². The molecule has 0 aliphatic heterocycles. The Morgan fingerprint density at radius 3 is 2.17 bits per heavy atom. The van der Waals surface area contributed by atoms with Crippen LogP contribution in [0.1, 0.15) is 42.9 Å². The van der Waals surface area contributed by atoms with E-state index in [9.17, 15) is 4.79 Å². The summed E-state index contributed by atoms with van der Waals surface area (Å²) in [6, 6.07) is 27.5. The van der Waals surface area contributed by atoms with Crippen molar-refractivity contribution in [3.05, 3.63) is 96.3 Å². The second kappa shape index (κ2) is 11.7. The highest BCUT2D eigenvalue weighted by atomic mass is 16.2. The standard InChI is InChI=1S/C28H30N6O/c1-3-19-33(20-4-2)24-17-15-22(16-18-24)21-29-31-28(35)26-30-27(23-11-7-5-8-12-23)34(32-26)25-13-9-6-10-14-25/h5-18,21H,3-4,19-20H2,1-2H3,(H,31,35). The van der Waals surface area contributed by atoms with Gasteiger partial charge >= 0.3 is 5.91 Å². The Balaban J connectivity index is 1.49. The van der Waals surface area contributed by atoms with Crippen molar-refractivity contribution in [2.24, 2.45) is 5.10 Å². The van der Waals surface area contributed by atoms with Crippen LogP contribution in [0, 0.1) is 0 Å². The first-order valence-electron chi connectivity index (χ1n) is 12.0. The van der Waals surface area contributed by atoms with E-state index in [1.165, 1.54) is 5.69 Å². The number of carbonyl (C=O) groups is 1. The predicted octanol–water partition coefficient (Wildman–Crippen LogP) is 5.32. The van der Waals surface area contributed by atoms with Crippen molar-refractivity contribution in [1.82, 2.24) is 20.2 Å². The Morgan fingerprint density at radius 2 is 1.54 bits per heavy atom. The van der Waals surface area contributed by atoms with E-state index >= 15 is 0 Å². The molecule has 7 heteroatoms. The zero-order valence-electron chi connectivity index (χ0n) is 20.1. The van der Waals surface area contributed by atoms with E-state index in [0.717, 1.165) is 42.7 Å². The number of nitrogens with one attached hydrogen (secondary N) is 1. The zero-order valence-corrected chi connectivity index (χ0v) is 20.1. The van der Waals surface area contributed by atoms with E-state index in [1.54, 1.807) is 10.9 Å². The van der Waals surface area contributed by atoms with Crippen molar-refractivity contribution in [1.29, 1.82) is 0 Å². The van der Waals surface area contributed by atoms with Crippen LogP contribution in [-0.4, -0.2) is 40.0 Å². The summed E-state index contributed by atoms with van der Waals surface area (Å²) in [4.78, 5) is 19.7. The number of carbonyl (C=O) groups excluding carboxylic acids is 1. The molecule has 0 atom stereocenters. The van der Waals surface area contributed by atoms with Gasteiger partial charge in [0, 0.05) is 24.3 Å². The first-order valence-corrected chi connectivity index (χ1v) is 12.0. The number of nitrogens with zero attached hydrogens (tertiary/aromatic N) is 5. The van der Waals surface area contributed by atoms with Gasteiger partial charge in [-0.2, -0.15) is 5.10 Å². The molecule has 1 amide bonds. The molecule has 4 rings (SSSR count). The van der Waals surface area contributed by atoms with E-state index in [-0.39, 0.29) is 5.82 Å². The number of aromatic nitrogens is 3. The summed E-state index contributed by atoms with van der Waals surface area (Å²) >= 11 is 0. The van der Waals surface area contributed by atoms with Gasteiger partial charge in [0.05, 0.1) is 11.9 Å². The topological polar surface area (TPSA) is 75.4 Å². The van der Waals surface area contributed by atoms with E-state index < -0.39 is 5.91 Å². The van der Waals surface area contributed by atoms with Crippen molar-refractivity contribution in [3.8, 4) is 17.1 Å². The second-order valence-corrected chi connectivity index (χ2v) is 8.15. The molecule has 4 aromatic rings.